The molecule has 0 aliphatic rings. The number of rotatable bonds is 6. The van der Waals surface area contributed by atoms with Gasteiger partial charge in [-0.1, -0.05) is 18.2 Å². The number of thioether (sulfide) groups is 1. The summed E-state index contributed by atoms with van der Waals surface area (Å²) in [5.74, 6) is 1.85. The van der Waals surface area contributed by atoms with Crippen molar-refractivity contribution >= 4 is 34.4 Å². The molecule has 0 aliphatic carbocycles. The van der Waals surface area contributed by atoms with Crippen LogP contribution >= 0.6 is 34.4 Å². The van der Waals surface area contributed by atoms with Crippen LogP contribution in [0.25, 0.3) is 0 Å². The molecule has 2 nitrogen and oxygen atoms in total. The molecule has 0 radical (unpaired) electrons. The second-order valence-electron chi connectivity index (χ2n) is 4.34. The van der Waals surface area contributed by atoms with Crippen molar-refractivity contribution in [2.45, 2.75) is 17.6 Å². The highest BCUT2D eigenvalue weighted by molar-refractivity contribution is 14.1. The maximum atomic E-state index is 5.62. The lowest BCUT2D eigenvalue weighted by atomic mass is 10.1. The van der Waals surface area contributed by atoms with E-state index in [0.29, 0.717) is 0 Å². The first-order chi connectivity index (χ1) is 9.70. The molecule has 0 unspecified atom stereocenters. The van der Waals surface area contributed by atoms with Crippen LogP contribution in [0.2, 0.25) is 0 Å². The zero-order valence-electron chi connectivity index (χ0n) is 11.6. The third-order valence-corrected chi connectivity index (χ3v) is 4.59. The van der Waals surface area contributed by atoms with E-state index in [0.717, 1.165) is 11.5 Å². The minimum absolute atomic E-state index is 0.284. The summed E-state index contributed by atoms with van der Waals surface area (Å²) in [5, 5.41) is 0. The van der Waals surface area contributed by atoms with E-state index < -0.39 is 0 Å². The molecule has 0 fully saturated rings. The molecule has 0 N–H and O–H groups in total. The lowest BCUT2D eigenvalue weighted by molar-refractivity contribution is 0.0505. The number of benzene rings is 2. The lowest BCUT2D eigenvalue weighted by Crippen LogP contribution is -2.02. The van der Waals surface area contributed by atoms with Crippen molar-refractivity contribution in [2.24, 2.45) is 0 Å². The van der Waals surface area contributed by atoms with Crippen LogP contribution in [-0.2, 0) is 10.5 Å². The fraction of sp³-hybridized carbons (Fsp3) is 0.250. The zero-order valence-corrected chi connectivity index (χ0v) is 14.5. The molecule has 0 aliphatic heterocycles. The van der Waals surface area contributed by atoms with Gasteiger partial charge >= 0.3 is 0 Å². The lowest BCUT2D eigenvalue weighted by Gasteiger charge is -2.13. The summed E-state index contributed by atoms with van der Waals surface area (Å²) in [4.78, 5) is 1.28. The summed E-state index contributed by atoms with van der Waals surface area (Å²) in [6.45, 7) is 2.38. The van der Waals surface area contributed by atoms with Gasteiger partial charge in [-0.15, -0.1) is 11.8 Å². The van der Waals surface area contributed by atoms with Crippen LogP contribution in [0.15, 0.2) is 47.4 Å². The highest BCUT2D eigenvalue weighted by atomic mass is 127. The molecule has 0 spiro atoms. The summed E-state index contributed by atoms with van der Waals surface area (Å²) < 4.78 is 11.8. The number of hydrogen-bond acceptors (Lipinski definition) is 3. The van der Waals surface area contributed by atoms with Gasteiger partial charge in [0.15, 0.2) is 6.79 Å². The fourth-order valence-corrected chi connectivity index (χ4v) is 3.44. The van der Waals surface area contributed by atoms with Gasteiger partial charge in [-0.3, -0.25) is 0 Å². The molecule has 20 heavy (non-hydrogen) atoms. The van der Waals surface area contributed by atoms with Gasteiger partial charge in [0.05, 0.1) is 0 Å². The van der Waals surface area contributed by atoms with Crippen LogP contribution in [0.3, 0.4) is 0 Å². The van der Waals surface area contributed by atoms with Gasteiger partial charge in [0, 0.05) is 21.3 Å². The van der Waals surface area contributed by atoms with Crippen molar-refractivity contribution in [1.82, 2.24) is 0 Å². The quantitative estimate of drug-likeness (QED) is 0.392. The largest absolute Gasteiger partial charge is 0.467 e. The van der Waals surface area contributed by atoms with E-state index in [1.54, 1.807) is 7.11 Å². The van der Waals surface area contributed by atoms with E-state index in [4.69, 9.17) is 9.47 Å². The second-order valence-corrected chi connectivity index (χ2v) is 6.64. The van der Waals surface area contributed by atoms with Gasteiger partial charge in [-0.25, -0.2) is 0 Å². The predicted octanol–water partition coefficient (Wildman–Crippen LogP) is 4.87. The van der Waals surface area contributed by atoms with Crippen LogP contribution in [0.5, 0.6) is 5.75 Å². The van der Waals surface area contributed by atoms with Crippen molar-refractivity contribution in [2.75, 3.05) is 13.9 Å². The standard InChI is InChI=1S/C16H17IO2S/c1-12-13(10-20-15-6-4-3-5-7-15)8-14(17)9-16(12)19-11-18-2/h3-9H,10-11H2,1-2H3. The molecule has 0 aromatic heterocycles. The molecule has 2 aromatic rings. The highest BCUT2D eigenvalue weighted by Crippen LogP contribution is 2.30. The molecule has 0 heterocycles. The summed E-state index contributed by atoms with van der Waals surface area (Å²) in [6.07, 6.45) is 0. The molecular weight excluding hydrogens is 383 g/mol. The number of halogens is 1. The maximum Gasteiger partial charge on any atom is 0.188 e. The van der Waals surface area contributed by atoms with Gasteiger partial charge in [-0.2, -0.15) is 0 Å². The second kappa shape index (κ2) is 7.90. The molecule has 0 saturated carbocycles. The van der Waals surface area contributed by atoms with Gasteiger partial charge in [0.1, 0.15) is 5.75 Å². The average molecular weight is 400 g/mol. The number of ether oxygens (including phenoxy) is 2. The Kier molecular flexibility index (Phi) is 6.19. The summed E-state index contributed by atoms with van der Waals surface area (Å²) >= 11 is 4.16. The Morgan fingerprint density at radius 3 is 2.60 bits per heavy atom. The summed E-state index contributed by atoms with van der Waals surface area (Å²) in [6, 6.07) is 14.7. The third-order valence-electron chi connectivity index (χ3n) is 2.90. The van der Waals surface area contributed by atoms with Crippen LogP contribution in [0.4, 0.5) is 0 Å². The van der Waals surface area contributed by atoms with Crippen molar-refractivity contribution in [3.05, 3.63) is 57.2 Å². The van der Waals surface area contributed by atoms with E-state index in [9.17, 15) is 0 Å². The average Bonchev–Trinajstić information content (AvgIpc) is 2.47. The van der Waals surface area contributed by atoms with Crippen LogP contribution in [0.1, 0.15) is 11.1 Å². The Hall–Kier alpha value is -0.720. The van der Waals surface area contributed by atoms with E-state index in [-0.39, 0.29) is 6.79 Å². The fourth-order valence-electron chi connectivity index (χ4n) is 1.81. The van der Waals surface area contributed by atoms with Gasteiger partial charge in [0.25, 0.3) is 0 Å². The summed E-state index contributed by atoms with van der Waals surface area (Å²) in [5.41, 5.74) is 2.49. The van der Waals surface area contributed by atoms with Crippen molar-refractivity contribution in [3.8, 4) is 5.75 Å². The molecule has 4 heteroatoms. The number of hydrogen-bond donors (Lipinski definition) is 0. The van der Waals surface area contributed by atoms with Crippen molar-refractivity contribution < 1.29 is 9.47 Å². The predicted molar refractivity (Wildman–Crippen MR) is 92.4 cm³/mol. The Morgan fingerprint density at radius 1 is 1.15 bits per heavy atom. The molecule has 106 valence electrons. The Balaban J connectivity index is 2.12. The number of methoxy groups -OCH3 is 1. The Bertz CT molecular complexity index is 558. The summed E-state index contributed by atoms with van der Waals surface area (Å²) in [7, 11) is 1.63. The smallest absolute Gasteiger partial charge is 0.188 e. The zero-order chi connectivity index (χ0) is 14.4. The molecule has 0 saturated heterocycles. The topological polar surface area (TPSA) is 18.5 Å². The van der Waals surface area contributed by atoms with Gasteiger partial charge in [-0.05, 0) is 64.9 Å². The van der Waals surface area contributed by atoms with Crippen LogP contribution < -0.4 is 4.74 Å². The van der Waals surface area contributed by atoms with Crippen LogP contribution in [0, 0.1) is 10.5 Å². The van der Waals surface area contributed by atoms with Crippen molar-refractivity contribution in [1.29, 1.82) is 0 Å². The van der Waals surface area contributed by atoms with E-state index in [1.807, 2.05) is 23.9 Å². The maximum absolute atomic E-state index is 5.62. The third kappa shape index (κ3) is 4.40. The molecule has 0 bridgehead atoms. The minimum Gasteiger partial charge on any atom is -0.467 e. The van der Waals surface area contributed by atoms with Crippen LogP contribution in [-0.4, -0.2) is 13.9 Å². The first-order valence-corrected chi connectivity index (χ1v) is 8.35. The molecule has 0 atom stereocenters. The van der Waals surface area contributed by atoms with E-state index in [1.165, 1.54) is 19.6 Å². The molecule has 2 aromatic carbocycles. The highest BCUT2D eigenvalue weighted by Gasteiger charge is 2.08. The van der Waals surface area contributed by atoms with Crippen molar-refractivity contribution in [3.63, 3.8) is 0 Å². The van der Waals surface area contributed by atoms with E-state index >= 15 is 0 Å². The minimum atomic E-state index is 0.284. The Morgan fingerprint density at radius 2 is 1.90 bits per heavy atom. The molecular formula is C16H17IO2S. The first kappa shape index (κ1) is 15.7. The SMILES string of the molecule is COCOc1cc(I)cc(CSc2ccccc2)c1C. The molecule has 0 amide bonds. The monoisotopic (exact) mass is 400 g/mol. The molecule has 2 rings (SSSR count). The Labute approximate surface area is 138 Å². The van der Waals surface area contributed by atoms with Gasteiger partial charge < -0.3 is 9.47 Å². The van der Waals surface area contributed by atoms with Gasteiger partial charge in [0.2, 0.25) is 0 Å². The van der Waals surface area contributed by atoms with E-state index in [2.05, 4.69) is 59.8 Å². The normalized spacial score (nSPS) is 10.6. The first-order valence-electron chi connectivity index (χ1n) is 6.29.